The van der Waals surface area contributed by atoms with Crippen LogP contribution in [-0.2, 0) is 16.6 Å². The molecule has 8 heteroatoms. The molecule has 0 aromatic heterocycles. The third-order valence-corrected chi connectivity index (χ3v) is 8.61. The SMILES string of the molecule is COc1ccc(S(=O)(=O)N(Cc2ccc(C(=O)Nc3cc(C)ccc3C)cc2)c2ccc(C)cc2)cc1Br. The van der Waals surface area contributed by atoms with Crippen molar-refractivity contribution in [2.24, 2.45) is 0 Å². The summed E-state index contributed by atoms with van der Waals surface area (Å²) < 4.78 is 34.8. The molecule has 0 aliphatic carbocycles. The van der Waals surface area contributed by atoms with Crippen LogP contribution in [0.3, 0.4) is 0 Å². The van der Waals surface area contributed by atoms with Crippen molar-refractivity contribution >= 4 is 43.2 Å². The molecule has 0 fully saturated rings. The van der Waals surface area contributed by atoms with E-state index >= 15 is 0 Å². The van der Waals surface area contributed by atoms with Gasteiger partial charge in [-0.05, 0) is 102 Å². The Labute approximate surface area is 232 Å². The molecular weight excluding hydrogens is 564 g/mol. The molecule has 0 aliphatic heterocycles. The van der Waals surface area contributed by atoms with Gasteiger partial charge in [0, 0.05) is 11.3 Å². The van der Waals surface area contributed by atoms with Crippen LogP contribution in [-0.4, -0.2) is 21.4 Å². The number of rotatable bonds is 8. The number of amides is 1. The van der Waals surface area contributed by atoms with Crippen molar-refractivity contribution < 1.29 is 17.9 Å². The van der Waals surface area contributed by atoms with E-state index in [1.165, 1.54) is 23.5 Å². The van der Waals surface area contributed by atoms with Gasteiger partial charge in [0.1, 0.15) is 5.75 Å². The van der Waals surface area contributed by atoms with Crippen LogP contribution < -0.4 is 14.4 Å². The summed E-state index contributed by atoms with van der Waals surface area (Å²) in [5.41, 5.74) is 5.59. The molecule has 196 valence electrons. The highest BCUT2D eigenvalue weighted by Crippen LogP contribution is 2.32. The van der Waals surface area contributed by atoms with Crippen LogP contribution in [0.1, 0.15) is 32.6 Å². The van der Waals surface area contributed by atoms with Crippen molar-refractivity contribution in [2.45, 2.75) is 32.2 Å². The molecule has 0 heterocycles. The Morgan fingerprint density at radius 2 is 1.53 bits per heavy atom. The lowest BCUT2D eigenvalue weighted by Crippen LogP contribution is -2.30. The van der Waals surface area contributed by atoms with Crippen molar-refractivity contribution in [3.05, 3.63) is 117 Å². The highest BCUT2D eigenvalue weighted by Gasteiger charge is 2.26. The monoisotopic (exact) mass is 592 g/mol. The fourth-order valence-corrected chi connectivity index (χ4v) is 6.12. The van der Waals surface area contributed by atoms with Crippen molar-refractivity contribution in [2.75, 3.05) is 16.7 Å². The van der Waals surface area contributed by atoms with E-state index in [4.69, 9.17) is 4.74 Å². The maximum absolute atomic E-state index is 13.8. The molecular formula is C30H29BrN2O4S. The minimum atomic E-state index is -3.92. The number of hydrogen-bond donors (Lipinski definition) is 1. The third-order valence-electron chi connectivity index (χ3n) is 6.22. The summed E-state index contributed by atoms with van der Waals surface area (Å²) in [4.78, 5) is 13.0. The quantitative estimate of drug-likeness (QED) is 0.238. The average Bonchev–Trinajstić information content (AvgIpc) is 2.90. The van der Waals surface area contributed by atoms with Crippen LogP contribution >= 0.6 is 15.9 Å². The van der Waals surface area contributed by atoms with Gasteiger partial charge in [0.25, 0.3) is 15.9 Å². The molecule has 1 N–H and O–H groups in total. The third kappa shape index (κ3) is 6.09. The molecule has 1 amide bonds. The van der Waals surface area contributed by atoms with Crippen molar-refractivity contribution in [1.82, 2.24) is 0 Å². The maximum atomic E-state index is 13.8. The minimum absolute atomic E-state index is 0.0912. The molecule has 0 aliphatic rings. The molecule has 6 nitrogen and oxygen atoms in total. The number of ether oxygens (including phenoxy) is 1. The highest BCUT2D eigenvalue weighted by atomic mass is 79.9. The lowest BCUT2D eigenvalue weighted by molar-refractivity contribution is 0.102. The first kappa shape index (κ1) is 27.4. The standard InChI is InChI=1S/C30H29BrN2O4S/c1-20-6-13-25(14-7-20)33(38(35,36)26-15-16-29(37-4)27(31)18-26)19-23-9-11-24(12-10-23)30(34)32-28-17-21(2)5-8-22(28)3/h5-18H,19H2,1-4H3,(H,32,34). The number of sulfonamides is 1. The van der Waals surface area contributed by atoms with Crippen LogP contribution in [0.5, 0.6) is 5.75 Å². The summed E-state index contributed by atoms with van der Waals surface area (Å²) in [5, 5.41) is 2.96. The van der Waals surface area contributed by atoms with Crippen LogP contribution in [0.15, 0.2) is 94.3 Å². The number of nitrogens with one attached hydrogen (secondary N) is 1. The number of anilines is 2. The molecule has 0 bridgehead atoms. The zero-order valence-electron chi connectivity index (χ0n) is 21.7. The van der Waals surface area contributed by atoms with Gasteiger partial charge in [-0.25, -0.2) is 8.42 Å². The predicted molar refractivity (Wildman–Crippen MR) is 156 cm³/mol. The van der Waals surface area contributed by atoms with Crippen LogP contribution in [0.25, 0.3) is 0 Å². The summed E-state index contributed by atoms with van der Waals surface area (Å²) in [6.07, 6.45) is 0. The number of carbonyl (C=O) groups is 1. The molecule has 0 saturated heterocycles. The molecule has 0 unspecified atom stereocenters. The Hall–Kier alpha value is -3.62. The first-order valence-corrected chi connectivity index (χ1v) is 14.2. The molecule has 0 saturated carbocycles. The first-order valence-electron chi connectivity index (χ1n) is 12.0. The van der Waals surface area contributed by atoms with Crippen LogP contribution in [0.4, 0.5) is 11.4 Å². The number of nitrogens with zero attached hydrogens (tertiary/aromatic N) is 1. The van der Waals surface area contributed by atoms with Gasteiger partial charge in [-0.1, -0.05) is 42.0 Å². The van der Waals surface area contributed by atoms with Gasteiger partial charge in [-0.2, -0.15) is 0 Å². The molecule has 4 aromatic carbocycles. The van der Waals surface area contributed by atoms with Gasteiger partial charge in [0.15, 0.2) is 0 Å². The van der Waals surface area contributed by atoms with E-state index in [2.05, 4.69) is 21.2 Å². The number of halogens is 1. The summed E-state index contributed by atoms with van der Waals surface area (Å²) in [5.74, 6) is 0.317. The zero-order chi connectivity index (χ0) is 27.4. The Morgan fingerprint density at radius 1 is 0.868 bits per heavy atom. The van der Waals surface area contributed by atoms with Crippen molar-refractivity contribution in [3.8, 4) is 5.75 Å². The lowest BCUT2D eigenvalue weighted by atomic mass is 10.1. The first-order chi connectivity index (χ1) is 18.1. The van der Waals surface area contributed by atoms with E-state index < -0.39 is 10.0 Å². The lowest BCUT2D eigenvalue weighted by Gasteiger charge is -2.25. The highest BCUT2D eigenvalue weighted by molar-refractivity contribution is 9.10. The summed E-state index contributed by atoms with van der Waals surface area (Å²) in [6, 6.07) is 24.9. The largest absolute Gasteiger partial charge is 0.496 e. The van der Waals surface area contributed by atoms with Gasteiger partial charge in [-0.15, -0.1) is 0 Å². The maximum Gasteiger partial charge on any atom is 0.264 e. The van der Waals surface area contributed by atoms with Gasteiger partial charge in [-0.3, -0.25) is 9.10 Å². The Morgan fingerprint density at radius 3 is 2.16 bits per heavy atom. The van der Waals surface area contributed by atoms with Crippen LogP contribution in [0.2, 0.25) is 0 Å². The van der Waals surface area contributed by atoms with Gasteiger partial charge >= 0.3 is 0 Å². The number of carbonyl (C=O) groups excluding carboxylic acids is 1. The Kier molecular flexibility index (Phi) is 8.23. The van der Waals surface area contributed by atoms with Crippen molar-refractivity contribution in [1.29, 1.82) is 0 Å². The molecule has 0 spiro atoms. The Bertz CT molecular complexity index is 1570. The number of benzene rings is 4. The van der Waals surface area contributed by atoms with E-state index in [0.29, 0.717) is 21.5 Å². The minimum Gasteiger partial charge on any atom is -0.496 e. The topological polar surface area (TPSA) is 75.7 Å². The second kappa shape index (κ2) is 11.4. The second-order valence-electron chi connectivity index (χ2n) is 9.11. The second-order valence-corrected chi connectivity index (χ2v) is 11.8. The van der Waals surface area contributed by atoms with E-state index in [0.717, 1.165) is 27.9 Å². The summed E-state index contributed by atoms with van der Waals surface area (Å²) >= 11 is 3.39. The van der Waals surface area contributed by atoms with Gasteiger partial charge in [0.05, 0.1) is 28.7 Å². The van der Waals surface area contributed by atoms with E-state index in [-0.39, 0.29) is 17.3 Å². The molecule has 38 heavy (non-hydrogen) atoms. The molecule has 4 rings (SSSR count). The van der Waals surface area contributed by atoms with Crippen molar-refractivity contribution in [3.63, 3.8) is 0 Å². The predicted octanol–water partition coefficient (Wildman–Crippen LogP) is 7.03. The molecule has 0 atom stereocenters. The van der Waals surface area contributed by atoms with Gasteiger partial charge in [0.2, 0.25) is 0 Å². The van der Waals surface area contributed by atoms with Crippen LogP contribution in [0, 0.1) is 20.8 Å². The van der Waals surface area contributed by atoms with E-state index in [1.807, 2.05) is 51.1 Å². The normalized spacial score (nSPS) is 11.2. The van der Waals surface area contributed by atoms with E-state index in [9.17, 15) is 13.2 Å². The summed E-state index contributed by atoms with van der Waals surface area (Å²) in [7, 11) is -2.39. The van der Waals surface area contributed by atoms with Gasteiger partial charge < -0.3 is 10.1 Å². The summed E-state index contributed by atoms with van der Waals surface area (Å²) in [6.45, 7) is 5.96. The Balaban J connectivity index is 1.62. The number of aryl methyl sites for hydroxylation is 3. The molecule has 4 aromatic rings. The van der Waals surface area contributed by atoms with E-state index in [1.54, 1.807) is 42.5 Å². The fraction of sp³-hybridized carbons (Fsp3) is 0.167. The molecule has 0 radical (unpaired) electrons. The zero-order valence-corrected chi connectivity index (χ0v) is 24.1. The average molecular weight is 594 g/mol. The smallest absolute Gasteiger partial charge is 0.264 e. The fourth-order valence-electron chi connectivity index (χ4n) is 3.95. The number of hydrogen-bond acceptors (Lipinski definition) is 4. The number of methoxy groups -OCH3 is 1.